The van der Waals surface area contributed by atoms with Gasteiger partial charge in [-0.3, -0.25) is 4.79 Å². The maximum absolute atomic E-state index is 12.3. The van der Waals surface area contributed by atoms with Crippen LogP contribution in [-0.2, 0) is 23.9 Å². The second kappa shape index (κ2) is 7.46. The molecule has 0 spiro atoms. The van der Waals surface area contributed by atoms with E-state index in [1.165, 1.54) is 6.92 Å². The molecule has 1 aliphatic heterocycles. The zero-order valence-corrected chi connectivity index (χ0v) is 16.2. The molecule has 1 heterocycles. The molecule has 8 heteroatoms. The zero-order valence-electron chi connectivity index (χ0n) is 15.5. The molecule has 0 aromatic carbocycles. The third-order valence-electron chi connectivity index (χ3n) is 6.18. The fourth-order valence-corrected chi connectivity index (χ4v) is 5.02. The maximum Gasteiger partial charge on any atom is 0.334 e. The highest BCUT2D eigenvalue weighted by Gasteiger charge is 2.64. The minimum absolute atomic E-state index is 0.116. The van der Waals surface area contributed by atoms with E-state index in [9.17, 15) is 24.6 Å². The standard InChI is InChI=1S/C20H23ClO7/c1-9(4-5-22)18(24)27-13-6-10(2)12-7-14(23)20(26,8-21)16(12)17-15(13)11(3)19(25)28-17/h4-5,12-17,23,26H,2-3,6-8H2,1H3. The van der Waals surface area contributed by atoms with E-state index in [4.69, 9.17) is 21.1 Å². The molecular formula is C20H23ClO7. The van der Waals surface area contributed by atoms with Gasteiger partial charge < -0.3 is 19.7 Å². The van der Waals surface area contributed by atoms with Crippen LogP contribution in [0.4, 0.5) is 0 Å². The number of allylic oxidation sites excluding steroid dienone is 1. The number of halogens is 1. The predicted octanol–water partition coefficient (Wildman–Crippen LogP) is 1.07. The number of ether oxygens (including phenoxy) is 2. The Labute approximate surface area is 167 Å². The van der Waals surface area contributed by atoms with Crippen molar-refractivity contribution in [3.63, 3.8) is 0 Å². The van der Waals surface area contributed by atoms with Crippen molar-refractivity contribution < 1.29 is 34.1 Å². The highest BCUT2D eigenvalue weighted by molar-refractivity contribution is 6.18. The Morgan fingerprint density at radius 1 is 1.46 bits per heavy atom. The number of fused-ring (bicyclic) bond motifs is 3. The second-order valence-electron chi connectivity index (χ2n) is 7.72. The second-order valence-corrected chi connectivity index (χ2v) is 7.99. The van der Waals surface area contributed by atoms with Gasteiger partial charge in [-0.15, -0.1) is 11.6 Å². The lowest BCUT2D eigenvalue weighted by molar-refractivity contribution is -0.155. The summed E-state index contributed by atoms with van der Waals surface area (Å²) < 4.78 is 11.1. The fourth-order valence-electron chi connectivity index (χ4n) is 4.67. The van der Waals surface area contributed by atoms with Gasteiger partial charge in [0.15, 0.2) is 0 Å². The highest BCUT2D eigenvalue weighted by Crippen LogP contribution is 2.55. The minimum atomic E-state index is -1.67. The van der Waals surface area contributed by atoms with E-state index in [0.29, 0.717) is 11.9 Å². The number of aliphatic hydroxyl groups excluding tert-OH is 1. The van der Waals surface area contributed by atoms with E-state index >= 15 is 0 Å². The number of esters is 2. The Morgan fingerprint density at radius 3 is 2.75 bits per heavy atom. The summed E-state index contributed by atoms with van der Waals surface area (Å²) in [6, 6.07) is 0. The molecule has 152 valence electrons. The van der Waals surface area contributed by atoms with Gasteiger partial charge in [-0.25, -0.2) is 9.59 Å². The summed E-state index contributed by atoms with van der Waals surface area (Å²) in [5, 5.41) is 21.5. The molecule has 3 aliphatic rings. The number of carbonyl (C=O) groups is 3. The molecule has 3 fully saturated rings. The summed E-state index contributed by atoms with van der Waals surface area (Å²) in [5.41, 5.74) is -0.759. The Balaban J connectivity index is 2.01. The molecule has 7 nitrogen and oxygen atoms in total. The molecule has 28 heavy (non-hydrogen) atoms. The van der Waals surface area contributed by atoms with E-state index in [2.05, 4.69) is 13.2 Å². The summed E-state index contributed by atoms with van der Waals surface area (Å²) in [4.78, 5) is 35.2. The van der Waals surface area contributed by atoms with Crippen LogP contribution in [0.1, 0.15) is 19.8 Å². The maximum atomic E-state index is 12.3. The monoisotopic (exact) mass is 410 g/mol. The zero-order chi connectivity index (χ0) is 20.8. The minimum Gasteiger partial charge on any atom is -0.458 e. The lowest BCUT2D eigenvalue weighted by Crippen LogP contribution is -2.52. The van der Waals surface area contributed by atoms with Crippen LogP contribution in [-0.4, -0.2) is 58.2 Å². The van der Waals surface area contributed by atoms with Crippen molar-refractivity contribution in [1.82, 2.24) is 0 Å². The van der Waals surface area contributed by atoms with Crippen molar-refractivity contribution in [3.8, 4) is 0 Å². The SMILES string of the molecule is C=C1CC(OC(=O)C(C)=CC=O)C2C(=C)C(=O)OC2C2C1CC(O)C2(O)CCl. The number of rotatable bonds is 4. The molecule has 2 N–H and O–H groups in total. The van der Waals surface area contributed by atoms with Crippen molar-refractivity contribution >= 4 is 29.8 Å². The van der Waals surface area contributed by atoms with Gasteiger partial charge in [-0.2, -0.15) is 0 Å². The highest BCUT2D eigenvalue weighted by atomic mass is 35.5. The summed E-state index contributed by atoms with van der Waals surface area (Å²) in [5.74, 6) is -3.36. The number of hydrogen-bond donors (Lipinski definition) is 2. The van der Waals surface area contributed by atoms with Gasteiger partial charge in [0.2, 0.25) is 0 Å². The van der Waals surface area contributed by atoms with E-state index in [0.717, 1.165) is 6.08 Å². The first-order valence-electron chi connectivity index (χ1n) is 9.02. The van der Waals surface area contributed by atoms with Gasteiger partial charge in [0.25, 0.3) is 0 Å². The van der Waals surface area contributed by atoms with E-state index in [1.807, 2.05) is 0 Å². The van der Waals surface area contributed by atoms with Crippen LogP contribution in [0.25, 0.3) is 0 Å². The van der Waals surface area contributed by atoms with Crippen molar-refractivity contribution in [2.45, 2.75) is 43.7 Å². The Kier molecular flexibility index (Phi) is 5.53. The lowest BCUT2D eigenvalue weighted by atomic mass is 9.76. The topological polar surface area (TPSA) is 110 Å². The number of alkyl halides is 1. The summed E-state index contributed by atoms with van der Waals surface area (Å²) in [6.45, 7) is 9.30. The first-order chi connectivity index (χ1) is 13.2. The van der Waals surface area contributed by atoms with Gasteiger partial charge in [0.1, 0.15) is 24.1 Å². The molecule has 7 unspecified atom stereocenters. The van der Waals surface area contributed by atoms with Crippen molar-refractivity contribution in [2.24, 2.45) is 17.8 Å². The van der Waals surface area contributed by atoms with Crippen LogP contribution in [0.5, 0.6) is 0 Å². The first kappa shape index (κ1) is 20.8. The Bertz CT molecular complexity index is 773. The molecule has 2 aliphatic carbocycles. The van der Waals surface area contributed by atoms with Crippen LogP contribution < -0.4 is 0 Å². The van der Waals surface area contributed by atoms with Crippen molar-refractivity contribution in [2.75, 3.05) is 5.88 Å². The molecule has 0 bridgehead atoms. The third-order valence-corrected chi connectivity index (χ3v) is 6.61. The summed E-state index contributed by atoms with van der Waals surface area (Å²) in [6.07, 6.45) is -0.762. The van der Waals surface area contributed by atoms with Crippen LogP contribution >= 0.6 is 11.6 Å². The number of aldehydes is 1. The molecule has 0 aromatic rings. The fraction of sp³-hybridized carbons (Fsp3) is 0.550. The molecular weight excluding hydrogens is 388 g/mol. The van der Waals surface area contributed by atoms with Crippen LogP contribution in [0.2, 0.25) is 0 Å². The van der Waals surface area contributed by atoms with E-state index in [1.54, 1.807) is 0 Å². The molecule has 0 aromatic heterocycles. The van der Waals surface area contributed by atoms with Crippen LogP contribution in [0.3, 0.4) is 0 Å². The first-order valence-corrected chi connectivity index (χ1v) is 9.56. The largest absolute Gasteiger partial charge is 0.458 e. The van der Waals surface area contributed by atoms with E-state index < -0.39 is 47.7 Å². The molecule has 0 radical (unpaired) electrons. The number of carbonyl (C=O) groups excluding carboxylic acids is 3. The number of hydrogen-bond acceptors (Lipinski definition) is 7. The summed E-state index contributed by atoms with van der Waals surface area (Å²) in [7, 11) is 0. The van der Waals surface area contributed by atoms with Crippen LogP contribution in [0, 0.1) is 17.8 Å². The van der Waals surface area contributed by atoms with Gasteiger partial charge in [0.05, 0.1) is 17.9 Å². The molecule has 0 amide bonds. The van der Waals surface area contributed by atoms with Gasteiger partial charge in [-0.1, -0.05) is 18.7 Å². The van der Waals surface area contributed by atoms with Gasteiger partial charge >= 0.3 is 11.9 Å². The predicted molar refractivity (Wildman–Crippen MR) is 99.2 cm³/mol. The van der Waals surface area contributed by atoms with Crippen molar-refractivity contribution in [3.05, 3.63) is 36.0 Å². The average Bonchev–Trinajstić information content (AvgIpc) is 3.04. The summed E-state index contributed by atoms with van der Waals surface area (Å²) >= 11 is 6.00. The van der Waals surface area contributed by atoms with E-state index in [-0.39, 0.29) is 35.8 Å². The average molecular weight is 411 g/mol. The lowest BCUT2D eigenvalue weighted by Gasteiger charge is -2.37. The smallest absolute Gasteiger partial charge is 0.334 e. The van der Waals surface area contributed by atoms with Crippen LogP contribution in [0.15, 0.2) is 36.0 Å². The molecule has 1 saturated heterocycles. The Morgan fingerprint density at radius 2 is 2.14 bits per heavy atom. The van der Waals surface area contributed by atoms with Gasteiger partial charge in [0, 0.05) is 23.5 Å². The van der Waals surface area contributed by atoms with Crippen molar-refractivity contribution in [1.29, 1.82) is 0 Å². The molecule has 3 rings (SSSR count). The molecule has 2 saturated carbocycles. The van der Waals surface area contributed by atoms with Gasteiger partial charge in [-0.05, 0) is 25.3 Å². The molecule has 7 atom stereocenters. The normalized spacial score (nSPS) is 40.4. The number of aliphatic hydroxyl groups is 2. The Hall–Kier alpha value is -1.96. The third kappa shape index (κ3) is 3.11. The quantitative estimate of drug-likeness (QED) is 0.234.